The molecule has 1 amide bonds. The molecular weight excluding hydrogens is 300 g/mol. The fourth-order valence-corrected chi connectivity index (χ4v) is 3.31. The highest BCUT2D eigenvalue weighted by molar-refractivity contribution is 7.99. The van der Waals surface area contributed by atoms with Crippen LogP contribution < -0.4 is 0 Å². The maximum absolute atomic E-state index is 14.3. The lowest BCUT2D eigenvalue weighted by atomic mass is 10.1. The van der Waals surface area contributed by atoms with E-state index in [1.165, 1.54) is 36.0 Å². The zero-order valence-electron chi connectivity index (χ0n) is 11.2. The molecule has 0 radical (unpaired) electrons. The van der Waals surface area contributed by atoms with E-state index >= 15 is 0 Å². The van der Waals surface area contributed by atoms with Gasteiger partial charge in [0, 0.05) is 23.6 Å². The Morgan fingerprint density at radius 3 is 2.62 bits per heavy atom. The molecule has 0 spiro atoms. The minimum atomic E-state index is -3.64. The fraction of sp³-hybridized carbons (Fsp3) is 0.429. The fourth-order valence-electron chi connectivity index (χ4n) is 2.24. The number of hydrogen-bond donors (Lipinski definition) is 1. The predicted octanol–water partition coefficient (Wildman–Crippen LogP) is 2.20. The highest BCUT2D eigenvalue weighted by Gasteiger charge is 2.46. The first-order valence-electron chi connectivity index (χ1n) is 6.47. The lowest BCUT2D eigenvalue weighted by Crippen LogP contribution is -2.52. The van der Waals surface area contributed by atoms with Crippen molar-refractivity contribution < 1.29 is 23.5 Å². The largest absolute Gasteiger partial charge is 0.481 e. The van der Waals surface area contributed by atoms with Gasteiger partial charge in [0.25, 0.3) is 5.91 Å². The van der Waals surface area contributed by atoms with Crippen molar-refractivity contribution in [3.8, 4) is 0 Å². The lowest BCUT2D eigenvalue weighted by Gasteiger charge is -2.36. The van der Waals surface area contributed by atoms with Gasteiger partial charge in [0.2, 0.25) is 0 Å². The standard InChI is InChI=1S/C14H15F2NO3S/c15-14(16,10-4-2-1-3-5-10)13(20)17-6-7-21-9-11(17)8-12(18)19/h1-5,11H,6-9H2,(H,18,19). The number of amides is 1. The van der Waals surface area contributed by atoms with Gasteiger partial charge in [-0.25, -0.2) is 0 Å². The maximum atomic E-state index is 14.3. The number of alkyl halides is 2. The Morgan fingerprint density at radius 1 is 1.33 bits per heavy atom. The lowest BCUT2D eigenvalue weighted by molar-refractivity contribution is -0.162. The Balaban J connectivity index is 2.22. The van der Waals surface area contributed by atoms with Crippen molar-refractivity contribution in [3.05, 3.63) is 35.9 Å². The number of halogens is 2. The van der Waals surface area contributed by atoms with Crippen LogP contribution in [-0.2, 0) is 15.5 Å². The summed E-state index contributed by atoms with van der Waals surface area (Å²) in [6.45, 7) is 0.143. The number of hydrogen-bond acceptors (Lipinski definition) is 3. The van der Waals surface area contributed by atoms with E-state index in [1.807, 2.05) is 0 Å². The van der Waals surface area contributed by atoms with Gasteiger partial charge in [-0.2, -0.15) is 20.5 Å². The molecule has 2 rings (SSSR count). The Labute approximate surface area is 125 Å². The second-order valence-corrected chi connectivity index (χ2v) is 5.92. The normalized spacial score (nSPS) is 19.3. The summed E-state index contributed by atoms with van der Waals surface area (Å²) in [5.74, 6) is -5.15. The first-order valence-corrected chi connectivity index (χ1v) is 7.62. The van der Waals surface area contributed by atoms with Crippen LogP contribution in [0.25, 0.3) is 0 Å². The molecule has 1 atom stereocenters. The van der Waals surface area contributed by atoms with E-state index in [9.17, 15) is 18.4 Å². The minimum Gasteiger partial charge on any atom is -0.481 e. The van der Waals surface area contributed by atoms with Crippen LogP contribution in [0, 0.1) is 0 Å². The molecule has 1 aromatic rings. The van der Waals surface area contributed by atoms with Crippen molar-refractivity contribution in [2.45, 2.75) is 18.4 Å². The SMILES string of the molecule is O=C(O)CC1CSCCN1C(=O)C(F)(F)c1ccccc1. The van der Waals surface area contributed by atoms with Gasteiger partial charge in [-0.3, -0.25) is 9.59 Å². The van der Waals surface area contributed by atoms with E-state index in [-0.39, 0.29) is 18.5 Å². The molecule has 7 heteroatoms. The summed E-state index contributed by atoms with van der Waals surface area (Å²) < 4.78 is 28.6. The molecule has 4 nitrogen and oxygen atoms in total. The topological polar surface area (TPSA) is 57.6 Å². The number of benzene rings is 1. The van der Waals surface area contributed by atoms with Crippen molar-refractivity contribution in [1.82, 2.24) is 4.90 Å². The second-order valence-electron chi connectivity index (χ2n) is 4.77. The average molecular weight is 315 g/mol. The highest BCUT2D eigenvalue weighted by Crippen LogP contribution is 2.32. The molecule has 1 fully saturated rings. The number of carbonyl (C=O) groups excluding carboxylic acids is 1. The molecule has 0 bridgehead atoms. The molecule has 114 valence electrons. The Bertz CT molecular complexity index is 524. The molecule has 0 aromatic heterocycles. The predicted molar refractivity (Wildman–Crippen MR) is 75.4 cm³/mol. The molecule has 0 aliphatic carbocycles. The number of aliphatic carboxylic acids is 1. The van der Waals surface area contributed by atoms with Crippen LogP contribution >= 0.6 is 11.8 Å². The number of thioether (sulfide) groups is 1. The van der Waals surface area contributed by atoms with Crippen molar-refractivity contribution in [2.75, 3.05) is 18.1 Å². The first kappa shape index (κ1) is 15.8. The van der Waals surface area contributed by atoms with E-state index in [4.69, 9.17) is 5.11 Å². The Kier molecular flexibility index (Phi) is 4.82. The number of carbonyl (C=O) groups is 2. The third-order valence-electron chi connectivity index (χ3n) is 3.30. The molecule has 1 heterocycles. The van der Waals surface area contributed by atoms with E-state index in [0.29, 0.717) is 11.5 Å². The summed E-state index contributed by atoms with van der Waals surface area (Å²) >= 11 is 1.47. The van der Waals surface area contributed by atoms with E-state index in [2.05, 4.69) is 0 Å². The van der Waals surface area contributed by atoms with Gasteiger partial charge in [0.1, 0.15) is 0 Å². The van der Waals surface area contributed by atoms with Crippen LogP contribution in [0.2, 0.25) is 0 Å². The van der Waals surface area contributed by atoms with Gasteiger partial charge in [0.15, 0.2) is 0 Å². The van der Waals surface area contributed by atoms with Crippen molar-refractivity contribution >= 4 is 23.6 Å². The van der Waals surface area contributed by atoms with Crippen LogP contribution in [0.3, 0.4) is 0 Å². The average Bonchev–Trinajstić information content (AvgIpc) is 2.47. The quantitative estimate of drug-likeness (QED) is 0.925. The summed E-state index contributed by atoms with van der Waals surface area (Å²) in [6, 6.07) is 6.18. The van der Waals surface area contributed by atoms with E-state index in [1.54, 1.807) is 6.07 Å². The zero-order chi connectivity index (χ0) is 15.5. The molecule has 1 saturated heterocycles. The molecule has 1 aliphatic rings. The van der Waals surface area contributed by atoms with E-state index in [0.717, 1.165) is 4.90 Å². The summed E-state index contributed by atoms with van der Waals surface area (Å²) in [5, 5.41) is 8.85. The molecule has 1 aromatic carbocycles. The summed E-state index contributed by atoms with van der Waals surface area (Å²) in [7, 11) is 0. The van der Waals surface area contributed by atoms with Crippen LogP contribution in [0.15, 0.2) is 30.3 Å². The third kappa shape index (κ3) is 3.53. The summed E-state index contributed by atoms with van der Waals surface area (Å²) in [4.78, 5) is 24.0. The smallest absolute Gasteiger partial charge is 0.349 e. The molecule has 21 heavy (non-hydrogen) atoms. The molecular formula is C14H15F2NO3S. The van der Waals surface area contributed by atoms with Crippen LogP contribution in [0.5, 0.6) is 0 Å². The van der Waals surface area contributed by atoms with Gasteiger partial charge in [0.05, 0.1) is 12.5 Å². The minimum absolute atomic E-state index is 0.143. The Hall–Kier alpha value is -1.63. The van der Waals surface area contributed by atoms with Gasteiger partial charge in [-0.05, 0) is 0 Å². The number of carboxylic acid groups (broad SMARTS) is 1. The van der Waals surface area contributed by atoms with Gasteiger partial charge in [-0.15, -0.1) is 0 Å². The van der Waals surface area contributed by atoms with Gasteiger partial charge in [-0.1, -0.05) is 30.3 Å². The monoisotopic (exact) mass is 315 g/mol. The molecule has 1 N–H and O–H groups in total. The van der Waals surface area contributed by atoms with Crippen molar-refractivity contribution in [1.29, 1.82) is 0 Å². The zero-order valence-corrected chi connectivity index (χ0v) is 12.0. The van der Waals surface area contributed by atoms with Crippen LogP contribution in [-0.4, -0.2) is 46.0 Å². The van der Waals surface area contributed by atoms with Gasteiger partial charge < -0.3 is 10.0 Å². The third-order valence-corrected chi connectivity index (χ3v) is 4.40. The molecule has 1 unspecified atom stereocenters. The van der Waals surface area contributed by atoms with Crippen molar-refractivity contribution in [2.24, 2.45) is 0 Å². The number of nitrogens with zero attached hydrogens (tertiary/aromatic N) is 1. The van der Waals surface area contributed by atoms with E-state index < -0.39 is 23.8 Å². The Morgan fingerprint density at radius 2 is 2.00 bits per heavy atom. The van der Waals surface area contributed by atoms with Crippen LogP contribution in [0.1, 0.15) is 12.0 Å². The van der Waals surface area contributed by atoms with Crippen molar-refractivity contribution in [3.63, 3.8) is 0 Å². The maximum Gasteiger partial charge on any atom is 0.349 e. The summed E-state index contributed by atoms with van der Waals surface area (Å²) in [5.41, 5.74) is -0.373. The number of rotatable bonds is 4. The highest BCUT2D eigenvalue weighted by atomic mass is 32.2. The molecule has 1 aliphatic heterocycles. The second kappa shape index (κ2) is 6.43. The molecule has 0 saturated carbocycles. The first-order chi connectivity index (χ1) is 9.93. The summed E-state index contributed by atoms with van der Waals surface area (Å²) in [6.07, 6.45) is -0.316. The van der Waals surface area contributed by atoms with Crippen LogP contribution in [0.4, 0.5) is 8.78 Å². The van der Waals surface area contributed by atoms with Gasteiger partial charge >= 0.3 is 11.9 Å². The number of carboxylic acids is 1.